The van der Waals surface area contributed by atoms with Gasteiger partial charge in [-0.1, -0.05) is 19.9 Å². The molecule has 0 aliphatic carbocycles. The topological polar surface area (TPSA) is 79.3 Å². The van der Waals surface area contributed by atoms with Gasteiger partial charge in [-0.25, -0.2) is 13.1 Å². The number of pyridine rings is 1. The maximum Gasteiger partial charge on any atom is 0.241 e. The molecule has 0 amide bonds. The summed E-state index contributed by atoms with van der Waals surface area (Å²) in [7, 11) is -3.67. The highest BCUT2D eigenvalue weighted by Gasteiger charge is 2.21. The van der Waals surface area contributed by atoms with Crippen molar-refractivity contribution in [2.24, 2.45) is 0 Å². The Labute approximate surface area is 131 Å². The van der Waals surface area contributed by atoms with Gasteiger partial charge in [0.25, 0.3) is 0 Å². The fourth-order valence-electron chi connectivity index (χ4n) is 2.12. The van der Waals surface area contributed by atoms with Crippen molar-refractivity contribution in [1.29, 1.82) is 0 Å². The molecule has 22 heavy (non-hydrogen) atoms. The Bertz CT molecular complexity index is 756. The minimum absolute atomic E-state index is 0.0204. The van der Waals surface area contributed by atoms with Crippen molar-refractivity contribution in [2.45, 2.75) is 38.1 Å². The van der Waals surface area contributed by atoms with E-state index in [0.717, 1.165) is 0 Å². The Hall–Kier alpha value is -1.92. The third-order valence-electron chi connectivity index (χ3n) is 3.41. The molecule has 0 aliphatic rings. The molecule has 0 spiro atoms. The molecule has 1 aromatic heterocycles. The van der Waals surface area contributed by atoms with Gasteiger partial charge < -0.3 is 5.11 Å². The first-order valence-electron chi connectivity index (χ1n) is 7.04. The highest BCUT2D eigenvalue weighted by Crippen LogP contribution is 2.30. The Balaban J connectivity index is 2.35. The number of nitrogens with zero attached hydrogens (tertiary/aromatic N) is 1. The molecular weight excluding hydrogens is 300 g/mol. The molecule has 0 atom stereocenters. The zero-order chi connectivity index (χ0) is 16.3. The summed E-state index contributed by atoms with van der Waals surface area (Å²) in [5.74, 6) is 0.0836. The molecule has 0 aliphatic heterocycles. The normalized spacial score (nSPS) is 11.8. The highest BCUT2D eigenvalue weighted by atomic mass is 32.2. The Morgan fingerprint density at radius 1 is 1.27 bits per heavy atom. The van der Waals surface area contributed by atoms with Crippen LogP contribution in [-0.4, -0.2) is 18.5 Å². The van der Waals surface area contributed by atoms with E-state index in [1.807, 2.05) is 13.8 Å². The minimum atomic E-state index is -3.67. The molecule has 0 fully saturated rings. The summed E-state index contributed by atoms with van der Waals surface area (Å²) in [6.07, 6.45) is 1.62. The summed E-state index contributed by atoms with van der Waals surface area (Å²) in [6.45, 7) is 5.58. The van der Waals surface area contributed by atoms with Gasteiger partial charge in [0.05, 0.1) is 17.1 Å². The Morgan fingerprint density at radius 2 is 2.00 bits per heavy atom. The van der Waals surface area contributed by atoms with Gasteiger partial charge in [0.2, 0.25) is 10.0 Å². The van der Waals surface area contributed by atoms with Gasteiger partial charge in [0.15, 0.2) is 0 Å². The maximum atomic E-state index is 12.6. The average molecular weight is 320 g/mol. The number of rotatable bonds is 5. The molecule has 118 valence electrons. The number of aryl methyl sites for hydroxylation is 1. The summed E-state index contributed by atoms with van der Waals surface area (Å²) in [5, 5.41) is 9.82. The van der Waals surface area contributed by atoms with Crippen LogP contribution in [0.15, 0.2) is 41.4 Å². The summed E-state index contributed by atoms with van der Waals surface area (Å²) >= 11 is 0. The third-order valence-corrected chi connectivity index (χ3v) is 4.87. The molecule has 2 N–H and O–H groups in total. The molecular formula is C16H20N2O3S. The molecule has 6 heteroatoms. The molecule has 1 heterocycles. The lowest BCUT2D eigenvalue weighted by Gasteiger charge is -2.15. The highest BCUT2D eigenvalue weighted by molar-refractivity contribution is 7.89. The SMILES string of the molecule is Cc1cc(S(=O)(=O)NCc2ccccn2)c(C(C)C)cc1O. The van der Waals surface area contributed by atoms with Gasteiger partial charge in [-0.2, -0.15) is 0 Å². The monoisotopic (exact) mass is 320 g/mol. The van der Waals surface area contributed by atoms with E-state index in [9.17, 15) is 13.5 Å². The van der Waals surface area contributed by atoms with Crippen LogP contribution in [0.4, 0.5) is 0 Å². The quantitative estimate of drug-likeness (QED) is 0.888. The van der Waals surface area contributed by atoms with E-state index in [0.29, 0.717) is 16.8 Å². The van der Waals surface area contributed by atoms with Crippen LogP contribution in [-0.2, 0) is 16.6 Å². The van der Waals surface area contributed by atoms with Crippen molar-refractivity contribution in [3.8, 4) is 5.75 Å². The lowest BCUT2D eigenvalue weighted by Crippen LogP contribution is -2.25. The average Bonchev–Trinajstić information content (AvgIpc) is 2.48. The molecule has 5 nitrogen and oxygen atoms in total. The number of hydrogen-bond acceptors (Lipinski definition) is 4. The lowest BCUT2D eigenvalue weighted by molar-refractivity contribution is 0.468. The van der Waals surface area contributed by atoms with E-state index >= 15 is 0 Å². The lowest BCUT2D eigenvalue weighted by atomic mass is 10.0. The number of aromatic nitrogens is 1. The molecule has 2 rings (SSSR count). The first-order valence-corrected chi connectivity index (χ1v) is 8.52. The van der Waals surface area contributed by atoms with Crippen LogP contribution < -0.4 is 4.72 Å². The van der Waals surface area contributed by atoms with Crippen molar-refractivity contribution in [3.05, 3.63) is 53.3 Å². The molecule has 2 aromatic rings. The van der Waals surface area contributed by atoms with Crippen LogP contribution in [0, 0.1) is 6.92 Å². The van der Waals surface area contributed by atoms with Gasteiger partial charge in [0.1, 0.15) is 5.75 Å². The number of phenols is 1. The zero-order valence-corrected chi connectivity index (χ0v) is 13.7. The van der Waals surface area contributed by atoms with Gasteiger partial charge in [-0.3, -0.25) is 4.98 Å². The molecule has 0 saturated carbocycles. The first kappa shape index (κ1) is 16.5. The second-order valence-electron chi connectivity index (χ2n) is 5.48. The second-order valence-corrected chi connectivity index (χ2v) is 7.21. The molecule has 0 saturated heterocycles. The van der Waals surface area contributed by atoms with E-state index in [4.69, 9.17) is 0 Å². The van der Waals surface area contributed by atoms with E-state index in [-0.39, 0.29) is 23.1 Å². The number of hydrogen-bond donors (Lipinski definition) is 2. The van der Waals surface area contributed by atoms with Crippen molar-refractivity contribution in [2.75, 3.05) is 0 Å². The number of aromatic hydroxyl groups is 1. The number of phenolic OH excluding ortho intramolecular Hbond substituents is 1. The smallest absolute Gasteiger partial charge is 0.241 e. The predicted octanol–water partition coefficient (Wildman–Crippen LogP) is 2.70. The van der Waals surface area contributed by atoms with Crippen LogP contribution in [0.5, 0.6) is 5.75 Å². The largest absolute Gasteiger partial charge is 0.508 e. The number of benzene rings is 1. The van der Waals surface area contributed by atoms with Crippen LogP contribution in [0.25, 0.3) is 0 Å². The van der Waals surface area contributed by atoms with Crippen LogP contribution in [0.1, 0.15) is 36.6 Å². The van der Waals surface area contributed by atoms with Crippen molar-refractivity contribution in [3.63, 3.8) is 0 Å². The van der Waals surface area contributed by atoms with E-state index in [1.165, 1.54) is 12.1 Å². The Morgan fingerprint density at radius 3 is 2.59 bits per heavy atom. The van der Waals surface area contributed by atoms with Gasteiger partial charge in [-0.05, 0) is 48.2 Å². The molecule has 0 radical (unpaired) electrons. The first-order chi connectivity index (χ1) is 10.3. The third kappa shape index (κ3) is 3.64. The summed E-state index contributed by atoms with van der Waals surface area (Å²) in [4.78, 5) is 4.30. The van der Waals surface area contributed by atoms with E-state index < -0.39 is 10.0 Å². The van der Waals surface area contributed by atoms with Gasteiger partial charge in [0, 0.05) is 6.20 Å². The predicted molar refractivity (Wildman–Crippen MR) is 85.2 cm³/mol. The minimum Gasteiger partial charge on any atom is -0.508 e. The fraction of sp³-hybridized carbons (Fsp3) is 0.312. The van der Waals surface area contributed by atoms with E-state index in [1.54, 1.807) is 31.3 Å². The summed E-state index contributed by atoms with van der Waals surface area (Å²) < 4.78 is 27.7. The molecule has 1 aromatic carbocycles. The number of sulfonamides is 1. The number of nitrogens with one attached hydrogen (secondary N) is 1. The van der Waals surface area contributed by atoms with Gasteiger partial charge >= 0.3 is 0 Å². The van der Waals surface area contributed by atoms with Crippen LogP contribution in [0.2, 0.25) is 0 Å². The maximum absolute atomic E-state index is 12.6. The molecule has 0 bridgehead atoms. The molecule has 0 unspecified atom stereocenters. The Kier molecular flexibility index (Phi) is 4.83. The fourth-order valence-corrected chi connectivity index (χ4v) is 3.55. The second kappa shape index (κ2) is 6.46. The van der Waals surface area contributed by atoms with Crippen LogP contribution >= 0.6 is 0 Å². The van der Waals surface area contributed by atoms with Crippen LogP contribution in [0.3, 0.4) is 0 Å². The zero-order valence-electron chi connectivity index (χ0n) is 12.9. The van der Waals surface area contributed by atoms with Crippen molar-refractivity contribution in [1.82, 2.24) is 9.71 Å². The summed E-state index contributed by atoms with van der Waals surface area (Å²) in [6, 6.07) is 8.37. The van der Waals surface area contributed by atoms with E-state index in [2.05, 4.69) is 9.71 Å². The summed E-state index contributed by atoms with van der Waals surface area (Å²) in [5.41, 5.74) is 1.77. The van der Waals surface area contributed by atoms with Crippen molar-refractivity contribution >= 4 is 10.0 Å². The van der Waals surface area contributed by atoms with Gasteiger partial charge in [-0.15, -0.1) is 0 Å². The van der Waals surface area contributed by atoms with Crippen molar-refractivity contribution < 1.29 is 13.5 Å². The standard InChI is InChI=1S/C16H20N2O3S/c1-11(2)14-9-15(19)12(3)8-16(14)22(20,21)18-10-13-6-4-5-7-17-13/h4-9,11,18-19H,10H2,1-3H3.